The summed E-state index contributed by atoms with van der Waals surface area (Å²) in [6, 6.07) is 8.90. The molecule has 0 spiro atoms. The molecule has 57 heavy (non-hydrogen) atoms. The Morgan fingerprint density at radius 1 is 0.930 bits per heavy atom. The normalized spacial score (nSPS) is 12.8. The van der Waals surface area contributed by atoms with Crippen LogP contribution in [0.2, 0.25) is 0 Å². The fraction of sp³-hybridized carbons (Fsp3) is 0.532. The molecule has 1 amide bonds. The molecule has 1 heterocycles. The van der Waals surface area contributed by atoms with Crippen LogP contribution in [0.1, 0.15) is 143 Å². The van der Waals surface area contributed by atoms with Crippen molar-refractivity contribution < 1.29 is 43.2 Å². The van der Waals surface area contributed by atoms with E-state index < -0.39 is 16.9 Å². The molecule has 0 saturated carbocycles. The van der Waals surface area contributed by atoms with Crippen LogP contribution in [0, 0.1) is 23.2 Å². The number of carbonyl (C=O) groups excluding carboxylic acids is 4. The number of carbonyl (C=O) groups is 4. The summed E-state index contributed by atoms with van der Waals surface area (Å²) in [5.74, 6) is 3.30. The number of unbranched alkanes of at least 4 members (excludes halogenated alkanes) is 4. The molecular weight excluding hydrogens is 723 g/mol. The van der Waals surface area contributed by atoms with Gasteiger partial charge in [0.1, 0.15) is 35.4 Å². The van der Waals surface area contributed by atoms with Gasteiger partial charge in [-0.1, -0.05) is 31.9 Å². The van der Waals surface area contributed by atoms with Crippen LogP contribution in [0.3, 0.4) is 0 Å². The minimum absolute atomic E-state index is 0.0222. The van der Waals surface area contributed by atoms with Crippen LogP contribution in [0.4, 0.5) is 0 Å². The minimum Gasteiger partial charge on any atom is -0.456 e. The molecule has 316 valence electrons. The highest BCUT2D eigenvalue weighted by Crippen LogP contribution is 2.48. The average molecular weight is 792 g/mol. The largest absolute Gasteiger partial charge is 0.456 e. The molecule has 0 aromatic heterocycles. The SMILES string of the molecule is C#CC.C/C=C(\C)C=O.C=CCC.COC1c2ccc(OC(=O)C(C)(C)C)cc2Oc2cc(OC(=O)C(C)(C)C)c(CCCCC(=O)NCCCCCCO)cc21. The third kappa shape index (κ3) is 20.3. The molecule has 2 aromatic carbocycles. The Balaban J connectivity index is 0.00000209. The van der Waals surface area contributed by atoms with Crippen LogP contribution < -0.4 is 19.5 Å². The van der Waals surface area contributed by atoms with Crippen molar-refractivity contribution in [3.8, 4) is 35.3 Å². The first kappa shape index (κ1) is 52.3. The molecule has 1 aliphatic rings. The van der Waals surface area contributed by atoms with Gasteiger partial charge in [0.15, 0.2) is 0 Å². The van der Waals surface area contributed by atoms with Gasteiger partial charge in [-0.2, -0.15) is 0 Å². The number of hydrogen-bond acceptors (Lipinski definition) is 9. The second kappa shape index (κ2) is 27.8. The number of benzene rings is 2. The maximum atomic E-state index is 12.9. The molecule has 0 fully saturated rings. The molecule has 10 nitrogen and oxygen atoms in total. The first-order valence-electron chi connectivity index (χ1n) is 19.8. The van der Waals surface area contributed by atoms with Crippen molar-refractivity contribution in [3.05, 3.63) is 71.3 Å². The van der Waals surface area contributed by atoms with Gasteiger partial charge in [0.05, 0.1) is 10.8 Å². The molecule has 2 aromatic rings. The lowest BCUT2D eigenvalue weighted by atomic mass is 9.93. The summed E-state index contributed by atoms with van der Waals surface area (Å²) in [7, 11) is 1.62. The van der Waals surface area contributed by atoms with Gasteiger partial charge in [0, 0.05) is 49.9 Å². The van der Waals surface area contributed by atoms with Crippen molar-refractivity contribution in [1.82, 2.24) is 5.32 Å². The van der Waals surface area contributed by atoms with Crippen LogP contribution in [0.5, 0.6) is 23.0 Å². The topological polar surface area (TPSA) is 137 Å². The van der Waals surface area contributed by atoms with Crippen LogP contribution in [-0.4, -0.2) is 49.5 Å². The summed E-state index contributed by atoms with van der Waals surface area (Å²) >= 11 is 0. The number of amides is 1. The van der Waals surface area contributed by atoms with E-state index in [-0.39, 0.29) is 24.5 Å². The maximum Gasteiger partial charge on any atom is 0.316 e. The summed E-state index contributed by atoms with van der Waals surface area (Å²) in [5.41, 5.74) is 1.83. The van der Waals surface area contributed by atoms with Gasteiger partial charge in [-0.15, -0.1) is 18.9 Å². The van der Waals surface area contributed by atoms with E-state index in [2.05, 4.69) is 31.2 Å². The number of esters is 2. The molecule has 10 heteroatoms. The van der Waals surface area contributed by atoms with Crippen molar-refractivity contribution in [2.24, 2.45) is 10.8 Å². The van der Waals surface area contributed by atoms with Gasteiger partial charge in [0.25, 0.3) is 0 Å². The lowest BCUT2D eigenvalue weighted by molar-refractivity contribution is -0.143. The quantitative estimate of drug-likeness (QED) is 0.0324. The number of fused-ring (bicyclic) bond motifs is 2. The van der Waals surface area contributed by atoms with E-state index >= 15 is 0 Å². The van der Waals surface area contributed by atoms with E-state index in [4.69, 9.17) is 24.1 Å². The van der Waals surface area contributed by atoms with Crippen molar-refractivity contribution in [3.63, 3.8) is 0 Å². The van der Waals surface area contributed by atoms with E-state index in [1.165, 1.54) is 0 Å². The molecule has 0 saturated heterocycles. The second-order valence-corrected chi connectivity index (χ2v) is 15.5. The third-order valence-electron chi connectivity index (χ3n) is 8.27. The number of aliphatic hydroxyl groups is 1. The van der Waals surface area contributed by atoms with E-state index in [1.54, 1.807) is 86.8 Å². The number of ether oxygens (including phenoxy) is 4. The highest BCUT2D eigenvalue weighted by molar-refractivity contribution is 5.79. The standard InChI is InChI=1S/C35H49NO8.C5H8O.C4H8.C3H4/c1-34(2,3)32(39)42-24-16-17-25-28(21-24)43-29-22-27(44-33(40)35(4,5)6)23(20-26(29)31(25)41-7)14-10-11-15-30(38)36-18-12-8-9-13-19-37;1-3-5(2)4-6;1-3-4-2;1-3-2/h16-17,20-22,31,37H,8-15,18-19H2,1-7H3,(H,36,38);3-4H,1-2H3;3H,1,4H2,2H3;1H,2H3/b;5-3+;;. The fourth-order valence-electron chi connectivity index (χ4n) is 4.72. The zero-order chi connectivity index (χ0) is 43.6. The van der Waals surface area contributed by atoms with Crippen LogP contribution >= 0.6 is 0 Å². The molecule has 0 bridgehead atoms. The van der Waals surface area contributed by atoms with E-state index in [1.807, 2.05) is 25.1 Å². The van der Waals surface area contributed by atoms with Gasteiger partial charge < -0.3 is 29.4 Å². The lowest BCUT2D eigenvalue weighted by Gasteiger charge is -2.29. The van der Waals surface area contributed by atoms with E-state index in [0.717, 1.165) is 67.1 Å². The lowest BCUT2D eigenvalue weighted by Crippen LogP contribution is -2.26. The molecule has 1 unspecified atom stereocenters. The number of nitrogens with one attached hydrogen (secondary N) is 1. The van der Waals surface area contributed by atoms with Gasteiger partial charge >= 0.3 is 11.9 Å². The molecule has 0 aliphatic carbocycles. The van der Waals surface area contributed by atoms with Crippen LogP contribution in [-0.2, 0) is 30.3 Å². The Morgan fingerprint density at radius 3 is 2.02 bits per heavy atom. The van der Waals surface area contributed by atoms with Gasteiger partial charge in [-0.05, 0) is 130 Å². The Kier molecular flexibility index (Phi) is 25.5. The zero-order valence-corrected chi connectivity index (χ0v) is 36.5. The van der Waals surface area contributed by atoms with Gasteiger partial charge in [0.2, 0.25) is 5.91 Å². The van der Waals surface area contributed by atoms with Crippen molar-refractivity contribution in [2.75, 3.05) is 20.3 Å². The van der Waals surface area contributed by atoms with Crippen molar-refractivity contribution >= 4 is 24.1 Å². The molecule has 1 atom stereocenters. The Bertz CT molecular complexity index is 1640. The maximum absolute atomic E-state index is 12.9. The average Bonchev–Trinajstić information content (AvgIpc) is 3.16. The Labute approximate surface area is 342 Å². The number of aldehydes is 1. The van der Waals surface area contributed by atoms with Gasteiger partial charge in [-0.3, -0.25) is 19.2 Å². The number of rotatable bonds is 16. The Hall–Kier alpha value is -4.72. The number of aliphatic hydroxyl groups excluding tert-OH is 1. The summed E-state index contributed by atoms with van der Waals surface area (Å²) in [6.07, 6.45) is 15.8. The summed E-state index contributed by atoms with van der Waals surface area (Å²) in [6.45, 7) is 22.4. The number of methoxy groups -OCH3 is 1. The predicted octanol–water partition coefficient (Wildman–Crippen LogP) is 10.2. The number of allylic oxidation sites excluding steroid dienone is 3. The number of terminal acetylenes is 1. The summed E-state index contributed by atoms with van der Waals surface area (Å²) < 4.78 is 23.7. The highest BCUT2D eigenvalue weighted by Gasteiger charge is 2.32. The predicted molar refractivity (Wildman–Crippen MR) is 229 cm³/mol. The summed E-state index contributed by atoms with van der Waals surface area (Å²) in [4.78, 5) is 47.3. The van der Waals surface area contributed by atoms with Crippen molar-refractivity contribution in [2.45, 2.75) is 133 Å². The molecule has 0 radical (unpaired) electrons. The number of hydrogen-bond donors (Lipinski definition) is 2. The fourth-order valence-corrected chi connectivity index (χ4v) is 4.72. The van der Waals surface area contributed by atoms with Crippen molar-refractivity contribution in [1.29, 1.82) is 0 Å². The van der Waals surface area contributed by atoms with Crippen LogP contribution in [0.25, 0.3) is 0 Å². The molecule has 2 N–H and O–H groups in total. The summed E-state index contributed by atoms with van der Waals surface area (Å²) in [5, 5.41) is 11.8. The molecule has 3 rings (SSSR count). The molecular formula is C47H69NO9. The van der Waals surface area contributed by atoms with Gasteiger partial charge in [-0.25, -0.2) is 0 Å². The Morgan fingerprint density at radius 2 is 1.51 bits per heavy atom. The first-order chi connectivity index (χ1) is 26.9. The second-order valence-electron chi connectivity index (χ2n) is 15.5. The van der Waals surface area contributed by atoms with Crippen LogP contribution in [0.15, 0.2) is 54.6 Å². The van der Waals surface area contributed by atoms with E-state index in [0.29, 0.717) is 48.8 Å². The third-order valence-corrected chi connectivity index (χ3v) is 8.27. The first-order valence-corrected chi connectivity index (χ1v) is 19.8. The highest BCUT2D eigenvalue weighted by atomic mass is 16.5. The monoisotopic (exact) mass is 791 g/mol. The van der Waals surface area contributed by atoms with E-state index in [9.17, 15) is 19.2 Å². The zero-order valence-electron chi connectivity index (χ0n) is 36.5. The number of aryl methyl sites for hydroxylation is 1. The molecule has 1 aliphatic heterocycles. The smallest absolute Gasteiger partial charge is 0.316 e. The minimum atomic E-state index is -0.711.